The summed E-state index contributed by atoms with van der Waals surface area (Å²) in [5.74, 6) is -8.14. The fraction of sp³-hybridized carbons (Fsp3) is 0.738. The number of carbonyl (C=O) groups excluding carboxylic acids is 5. The lowest BCUT2D eigenvalue weighted by molar-refractivity contribution is -0.334. The summed E-state index contributed by atoms with van der Waals surface area (Å²) in [6.45, 7) is 14.7. The molecule has 5 saturated heterocycles. The Morgan fingerprint density at radius 3 is 1.83 bits per heavy atom. The zero-order valence-corrected chi connectivity index (χ0v) is 52.3. The highest BCUT2D eigenvalue weighted by Crippen LogP contribution is 2.48. The summed E-state index contributed by atoms with van der Waals surface area (Å²) in [5, 5.41) is 89.6. The highest BCUT2D eigenvalue weighted by Gasteiger charge is 2.53. The van der Waals surface area contributed by atoms with Crippen LogP contribution in [0.5, 0.6) is 17.2 Å². The molecular formula is C61H86O29. The molecule has 8 N–H and O–H groups in total. The van der Waals surface area contributed by atoms with Gasteiger partial charge in [-0.05, 0) is 84.9 Å². The Bertz CT molecular complexity index is 2890. The summed E-state index contributed by atoms with van der Waals surface area (Å²) in [5.41, 5.74) is -1.71. The van der Waals surface area contributed by atoms with Crippen LogP contribution in [0.3, 0.4) is 0 Å². The van der Waals surface area contributed by atoms with E-state index in [9.17, 15) is 59.7 Å². The minimum Gasteiger partial charge on any atom is -0.507 e. The number of carbonyl (C=O) groups is 6. The molecule has 1 aliphatic carbocycles. The van der Waals surface area contributed by atoms with Crippen LogP contribution in [0.25, 0.3) is 10.8 Å². The maximum Gasteiger partial charge on any atom is 0.306 e. The molecule has 0 aromatic heterocycles. The average molecular weight is 1280 g/mol. The van der Waals surface area contributed by atoms with Crippen molar-refractivity contribution in [3.63, 3.8) is 0 Å². The van der Waals surface area contributed by atoms with E-state index in [1.54, 1.807) is 27.7 Å². The molecule has 29 heteroatoms. The first-order valence-electron chi connectivity index (χ1n) is 30.2. The number of aliphatic hydroxyl groups is 5. The molecule has 2 aromatic carbocycles. The lowest BCUT2D eigenvalue weighted by Crippen LogP contribution is -2.59. The van der Waals surface area contributed by atoms with E-state index in [1.165, 1.54) is 60.8 Å². The molecule has 29 nitrogen and oxygen atoms in total. The van der Waals surface area contributed by atoms with Crippen LogP contribution in [0.1, 0.15) is 129 Å². The standard InChI is InChI=1S/C61H86O29/c1-23-36(86-44-21-39(84-30(8)62)57(28(6)82-44)89-42-18-35(64)56(76-11)27(5)81-42)17-33-15-32-16-34(58(77-12)55(74)52(71)26(4)78-41(67)14-13-40(65)66)59(54(73)48(32)53(72)47(33)49(23)68)90-45-20-37(50(69)25(3)80-45)87-43-19-38(51(70)24(2)79-43)88-46-22-61(10,75)60(29(7)83-46)85-31(9)63/h15,17,24-29,34-35,37-39,42-46,50-52,56-60,64,68-72,75H,13-14,16,18-22H2,1-12H3,(H,65,66)/t24-,25-,26-,27-,28-,29+,34+,35-,37-,38-,39-,42-,43+,44+,45+,46+,50?,51-,52+,56+,57+,58+,59+,60+,61?/m1/s1. The van der Waals surface area contributed by atoms with Crippen LogP contribution in [0.15, 0.2) is 12.1 Å². The van der Waals surface area contributed by atoms with Gasteiger partial charge in [-0.3, -0.25) is 28.8 Å². The summed E-state index contributed by atoms with van der Waals surface area (Å²) in [6, 6.07) is 2.95. The molecule has 2 unspecified atom stereocenters. The molecule has 0 radical (unpaired) electrons. The number of hydrogen-bond acceptors (Lipinski definition) is 28. The lowest BCUT2D eigenvalue weighted by atomic mass is 9.75. The number of benzene rings is 2. The number of fused-ring (bicyclic) bond motifs is 2. The zero-order chi connectivity index (χ0) is 66.1. The van der Waals surface area contributed by atoms with Crippen LogP contribution < -0.4 is 4.74 Å². The Hall–Kier alpha value is -5.32. The summed E-state index contributed by atoms with van der Waals surface area (Å²) < 4.78 is 89.6. The van der Waals surface area contributed by atoms with Gasteiger partial charge in [0.15, 0.2) is 48.9 Å². The average Bonchev–Trinajstić information content (AvgIpc) is 0.738. The van der Waals surface area contributed by atoms with Crippen LogP contribution in [-0.2, 0) is 96.7 Å². The van der Waals surface area contributed by atoms with Crippen molar-refractivity contribution in [3.8, 4) is 17.2 Å². The van der Waals surface area contributed by atoms with Crippen LogP contribution in [-0.4, -0.2) is 237 Å². The van der Waals surface area contributed by atoms with Crippen molar-refractivity contribution in [3.05, 3.63) is 28.8 Å². The largest absolute Gasteiger partial charge is 0.507 e. The maximum atomic E-state index is 15.3. The quantitative estimate of drug-likeness (QED) is 0.0617. The van der Waals surface area contributed by atoms with Gasteiger partial charge in [0.25, 0.3) is 0 Å². The van der Waals surface area contributed by atoms with E-state index >= 15 is 4.79 Å². The summed E-state index contributed by atoms with van der Waals surface area (Å²) in [4.78, 5) is 77.9. The zero-order valence-electron chi connectivity index (χ0n) is 52.3. The molecule has 5 aliphatic heterocycles. The van der Waals surface area contributed by atoms with Crippen molar-refractivity contribution >= 4 is 46.2 Å². The van der Waals surface area contributed by atoms with Crippen LogP contribution >= 0.6 is 0 Å². The number of phenols is 2. The number of rotatable bonds is 22. The fourth-order valence-corrected chi connectivity index (χ4v) is 13.0. The number of aliphatic hydroxyl groups excluding tert-OH is 4. The van der Waals surface area contributed by atoms with Crippen LogP contribution in [0.4, 0.5) is 0 Å². The molecular weight excluding hydrogens is 1200 g/mol. The number of methoxy groups -OCH3 is 2. The number of ether oxygens (including phenoxy) is 15. The molecule has 8 rings (SSSR count). The Morgan fingerprint density at radius 1 is 0.700 bits per heavy atom. The first-order chi connectivity index (χ1) is 42.3. The molecule has 90 heavy (non-hydrogen) atoms. The summed E-state index contributed by atoms with van der Waals surface area (Å²) >= 11 is 0. The molecule has 25 atom stereocenters. The van der Waals surface area contributed by atoms with Gasteiger partial charge in [0.2, 0.25) is 6.29 Å². The van der Waals surface area contributed by atoms with Crippen LogP contribution in [0, 0.1) is 12.8 Å². The van der Waals surface area contributed by atoms with E-state index in [1.807, 2.05) is 0 Å². The van der Waals surface area contributed by atoms with E-state index < -0.39 is 213 Å². The van der Waals surface area contributed by atoms with Crippen molar-refractivity contribution < 1.29 is 141 Å². The number of aromatic hydroxyl groups is 2. The molecule has 6 aliphatic rings. The summed E-state index contributed by atoms with van der Waals surface area (Å²) in [7, 11) is 2.58. The van der Waals surface area contributed by atoms with E-state index in [4.69, 9.17) is 76.2 Å². The van der Waals surface area contributed by atoms with Gasteiger partial charge in [-0.1, -0.05) is 0 Å². The number of Topliss-reactive ketones (excluding diaryl/α,β-unsaturated/α-hetero) is 2. The van der Waals surface area contributed by atoms with Gasteiger partial charge in [-0.15, -0.1) is 0 Å². The highest BCUT2D eigenvalue weighted by atomic mass is 16.7. The second-order valence-electron chi connectivity index (χ2n) is 24.4. The summed E-state index contributed by atoms with van der Waals surface area (Å²) in [6.07, 6.45) is -28.3. The number of carboxylic acid groups (broad SMARTS) is 1. The topological polar surface area (TPSA) is 403 Å². The number of esters is 3. The van der Waals surface area contributed by atoms with Crippen LogP contribution in [0.2, 0.25) is 0 Å². The van der Waals surface area contributed by atoms with E-state index in [0.717, 1.165) is 7.11 Å². The molecule has 0 amide bonds. The lowest BCUT2D eigenvalue weighted by Gasteiger charge is -2.46. The Balaban J connectivity index is 1.06. The third-order valence-electron chi connectivity index (χ3n) is 17.5. The van der Waals surface area contributed by atoms with Crippen molar-refractivity contribution in [2.24, 2.45) is 5.92 Å². The SMILES string of the molecule is CO[C@@H]1[C@H](O)C[C@@H](O[C@H]2[C@@H](C)O[C@@H](Oc3cc4cc5c(c(O)c4c(O)c3C)C(=O)[C@@H](O[C@H]3C[C@@H](O[C@H]4C[C@@H](O[C@H]6CC(C)(O)[C@@H](OC(C)=O)[C@H](C)O6)[C@H](O)[C@@H](C)O4)C(O)[C@@H](C)O3)[C@H]([C@H](OC)C(=O)[C@@H](O)[C@@H](C)OC(=O)CCC(=O)O)C5)C[C@H]2OC(C)=O)O[C@@H]1C. The molecule has 0 spiro atoms. The number of aliphatic carboxylic acids is 1. The van der Waals surface area contributed by atoms with Gasteiger partial charge in [-0.25, -0.2) is 0 Å². The molecule has 504 valence electrons. The second kappa shape index (κ2) is 29.3. The first-order valence-corrected chi connectivity index (χ1v) is 30.2. The maximum absolute atomic E-state index is 15.3. The van der Waals surface area contributed by atoms with Crippen molar-refractivity contribution in [2.45, 2.75) is 268 Å². The number of phenolic OH excluding ortho intramolecular Hbond substituents is 2. The molecule has 5 fully saturated rings. The van der Waals surface area contributed by atoms with Gasteiger partial charge >= 0.3 is 23.9 Å². The number of hydrogen-bond donors (Lipinski definition) is 8. The van der Waals surface area contributed by atoms with Gasteiger partial charge in [0.1, 0.15) is 71.7 Å². The predicted octanol–water partition coefficient (Wildman–Crippen LogP) is 1.96. The van der Waals surface area contributed by atoms with Gasteiger partial charge in [-0.2, -0.15) is 0 Å². The Kier molecular flexibility index (Phi) is 23.0. The van der Waals surface area contributed by atoms with E-state index in [2.05, 4.69) is 0 Å². The second-order valence-corrected chi connectivity index (χ2v) is 24.4. The molecule has 5 heterocycles. The minimum absolute atomic E-state index is 0.0446. The fourth-order valence-electron chi connectivity index (χ4n) is 13.0. The minimum atomic E-state index is -2.11. The monoisotopic (exact) mass is 1280 g/mol. The Morgan fingerprint density at radius 2 is 1.26 bits per heavy atom. The smallest absolute Gasteiger partial charge is 0.306 e. The predicted molar refractivity (Wildman–Crippen MR) is 303 cm³/mol. The molecule has 2 aromatic rings. The first kappa shape index (κ1) is 70.5. The third-order valence-corrected chi connectivity index (χ3v) is 17.5. The highest BCUT2D eigenvalue weighted by molar-refractivity contribution is 6.11. The molecule has 0 bridgehead atoms. The van der Waals surface area contributed by atoms with Crippen molar-refractivity contribution in [1.29, 1.82) is 0 Å². The third kappa shape index (κ3) is 15.8. The number of ketones is 2. The van der Waals surface area contributed by atoms with E-state index in [-0.39, 0.29) is 71.7 Å². The van der Waals surface area contributed by atoms with Gasteiger partial charge < -0.3 is 112 Å². The normalized spacial score (nSPS) is 37.4. The van der Waals surface area contributed by atoms with Crippen molar-refractivity contribution in [2.75, 3.05) is 14.2 Å². The van der Waals surface area contributed by atoms with Gasteiger partial charge in [0.05, 0.1) is 72.6 Å². The Labute approximate surface area is 519 Å². The van der Waals surface area contributed by atoms with Gasteiger partial charge in [0, 0.05) is 71.7 Å². The number of carboxylic acids is 1. The van der Waals surface area contributed by atoms with Crippen molar-refractivity contribution in [1.82, 2.24) is 0 Å². The van der Waals surface area contributed by atoms with E-state index in [0.29, 0.717) is 0 Å². The molecule has 0 saturated carbocycles.